The molecule has 6 aliphatic rings. The summed E-state index contributed by atoms with van der Waals surface area (Å²) in [6.45, 7) is 5.22. The number of benzene rings is 2. The Morgan fingerprint density at radius 2 is 1.53 bits per heavy atom. The minimum absolute atomic E-state index is 0.0171. The number of imide groups is 1. The monoisotopic (exact) mass is 1020 g/mol. The summed E-state index contributed by atoms with van der Waals surface area (Å²) in [6.07, 6.45) is 1.06. The number of carbonyl (C=O) groups is 5. The van der Waals surface area contributed by atoms with E-state index < -0.39 is 82.8 Å². The topological polar surface area (TPSA) is 230 Å². The number of aliphatic hydroxyl groups is 2. The fraction of sp³-hybridized carbons (Fsp3) is 0.538. The van der Waals surface area contributed by atoms with Crippen molar-refractivity contribution in [1.82, 2.24) is 10.2 Å². The standard InChI is InChI=1S/C52H61F2N3O14S/c1-49-15-12-34(59)27-39(49)40(53)28-38-37-29-43-52(42(61)31-58,50(37,2)30-41(60)51(38,49)54)71-48(70-43)32-6-8-35(9-7-32)72-36-5-3-4-33(26-36)56-45(63)14-18-66-20-22-68-24-25-69-23-21-67-19-16-55-44(62)13-17-57-46(64)10-11-47(57)65/h3-12,15,26-27,37-38,40-41,43,48,58,60H,13-14,16-25,28-31H2,1-2H3,(H,55,62)(H,56,63)/p+1/t37-,38-,40-,41-,43+,48+,49-,50-,51-,52+/m0/s1. The molecule has 0 bridgehead atoms. The van der Waals surface area contributed by atoms with Gasteiger partial charge in [0.05, 0.1) is 71.5 Å². The van der Waals surface area contributed by atoms with Gasteiger partial charge < -0.3 is 49.3 Å². The van der Waals surface area contributed by atoms with E-state index >= 15 is 8.78 Å². The molecule has 72 heavy (non-hydrogen) atoms. The van der Waals surface area contributed by atoms with Crippen molar-refractivity contribution in [3.8, 4) is 0 Å². The summed E-state index contributed by atoms with van der Waals surface area (Å²) in [5.41, 5.74) is -5.52. The predicted molar refractivity (Wildman–Crippen MR) is 256 cm³/mol. The maximum absolute atomic E-state index is 17.8. The van der Waals surface area contributed by atoms with Crippen molar-refractivity contribution in [2.75, 3.05) is 77.9 Å². The molecule has 4 aliphatic carbocycles. The molecular weight excluding hydrogens is 961 g/mol. The quantitative estimate of drug-likeness (QED) is 0.0654. The number of ketones is 2. The maximum Gasteiger partial charge on any atom is 0.339 e. The average molecular weight is 1020 g/mol. The molecular formula is C52H62F2N3O14S+. The van der Waals surface area contributed by atoms with Crippen LogP contribution in [0.5, 0.6) is 0 Å². The molecule has 5 N–H and O–H groups in total. The molecule has 2 aromatic rings. The zero-order valence-corrected chi connectivity index (χ0v) is 41.0. The lowest BCUT2D eigenvalue weighted by atomic mass is 9.44. The fourth-order valence-electron chi connectivity index (χ4n) is 11.6. The van der Waals surface area contributed by atoms with Crippen LogP contribution in [0.1, 0.15) is 57.8 Å². The number of halogens is 2. The molecule has 1 saturated heterocycles. The molecule has 0 spiro atoms. The fourth-order valence-corrected chi connectivity index (χ4v) is 12.4. The van der Waals surface area contributed by atoms with Crippen LogP contribution in [-0.4, -0.2) is 157 Å². The highest BCUT2D eigenvalue weighted by Crippen LogP contribution is 2.72. The van der Waals surface area contributed by atoms with Gasteiger partial charge in [-0.05, 0) is 68.0 Å². The van der Waals surface area contributed by atoms with Gasteiger partial charge in [0.25, 0.3) is 11.8 Å². The lowest BCUT2D eigenvalue weighted by molar-refractivity contribution is -0.235. The summed E-state index contributed by atoms with van der Waals surface area (Å²) >= 11 is 1.46. The number of amides is 4. The first-order valence-corrected chi connectivity index (χ1v) is 25.1. The number of hydrogen-bond acceptors (Lipinski definition) is 14. The van der Waals surface area contributed by atoms with Crippen LogP contribution in [0.25, 0.3) is 0 Å². The van der Waals surface area contributed by atoms with Gasteiger partial charge in [0.2, 0.25) is 11.8 Å². The summed E-state index contributed by atoms with van der Waals surface area (Å²) < 4.78 is 68.8. The number of carbonyl (C=O) groups excluding carboxylic acids is 6. The molecule has 0 unspecified atom stereocenters. The third-order valence-electron chi connectivity index (χ3n) is 15.1. The number of Topliss-reactive ketones (excluding diaryl/α,β-unsaturated/α-hetero) is 1. The van der Waals surface area contributed by atoms with E-state index in [9.17, 15) is 39.0 Å². The van der Waals surface area contributed by atoms with E-state index in [-0.39, 0.29) is 81.6 Å². The zero-order chi connectivity index (χ0) is 51.3. The third kappa shape index (κ3) is 10.5. The van der Waals surface area contributed by atoms with Crippen LogP contribution >= 0.6 is 11.8 Å². The second-order valence-corrected chi connectivity index (χ2v) is 20.4. The second kappa shape index (κ2) is 22.6. The van der Waals surface area contributed by atoms with Crippen molar-refractivity contribution in [1.29, 1.82) is 0 Å². The number of anilines is 1. The molecule has 17 nitrogen and oxygen atoms in total. The normalized spacial score (nSPS) is 31.2. The van der Waals surface area contributed by atoms with Crippen LogP contribution < -0.4 is 10.6 Å². The molecule has 10 atom stereocenters. The maximum atomic E-state index is 17.8. The Labute approximate surface area is 420 Å². The molecule has 4 amide bonds. The van der Waals surface area contributed by atoms with E-state index in [1.165, 1.54) is 42.1 Å². The van der Waals surface area contributed by atoms with Crippen LogP contribution in [0.4, 0.5) is 14.5 Å². The Morgan fingerprint density at radius 3 is 2.21 bits per heavy atom. The van der Waals surface area contributed by atoms with E-state index in [0.717, 1.165) is 14.7 Å². The zero-order valence-electron chi connectivity index (χ0n) is 40.2. The van der Waals surface area contributed by atoms with Crippen molar-refractivity contribution in [2.45, 2.75) is 91.7 Å². The summed E-state index contributed by atoms with van der Waals surface area (Å²) in [5, 5.41) is 27.7. The SMILES string of the molecule is C[C@]12C=CC(=[OH+])C=C1[C@@H](F)C[C@H]1[C@@H]3C[C@H]4O[C@@H](c5ccc(Sc6cccc(NC(=O)CCOCCOCCOCCOCCNC(=O)CCN7C(=O)C=CC7=O)c6)cc5)O[C@@]4(C(=O)CO)[C@@]3(C)C[C@H](O)[C@@]12F. The molecule has 388 valence electrons. The second-order valence-electron chi connectivity index (χ2n) is 19.2. The molecule has 0 radical (unpaired) electrons. The van der Waals surface area contributed by atoms with Crippen LogP contribution in [-0.2, 0) is 52.4 Å². The smallest absolute Gasteiger partial charge is 0.339 e. The van der Waals surface area contributed by atoms with Crippen molar-refractivity contribution < 1.29 is 76.2 Å². The van der Waals surface area contributed by atoms with Gasteiger partial charge in [-0.1, -0.05) is 43.0 Å². The van der Waals surface area contributed by atoms with E-state index in [4.69, 9.17) is 28.4 Å². The molecule has 0 aromatic heterocycles. The third-order valence-corrected chi connectivity index (χ3v) is 16.1. The molecule has 2 heterocycles. The van der Waals surface area contributed by atoms with Crippen LogP contribution in [0, 0.1) is 22.7 Å². The first kappa shape index (κ1) is 53.3. The van der Waals surface area contributed by atoms with Gasteiger partial charge in [-0.25, -0.2) is 8.78 Å². The summed E-state index contributed by atoms with van der Waals surface area (Å²) in [7, 11) is 0. The van der Waals surface area contributed by atoms with Crippen LogP contribution in [0.15, 0.2) is 94.3 Å². The minimum Gasteiger partial charge on any atom is -0.390 e. The van der Waals surface area contributed by atoms with Crippen molar-refractivity contribution in [2.24, 2.45) is 22.7 Å². The molecule has 8 rings (SSSR count). The van der Waals surface area contributed by atoms with Crippen LogP contribution in [0.3, 0.4) is 0 Å². The predicted octanol–water partition coefficient (Wildman–Crippen LogP) is 4.28. The number of nitrogens with one attached hydrogen (secondary N) is 2. The summed E-state index contributed by atoms with van der Waals surface area (Å²) in [4.78, 5) is 74.5. The molecule has 2 aromatic carbocycles. The molecule has 3 saturated carbocycles. The first-order valence-electron chi connectivity index (χ1n) is 24.3. The highest BCUT2D eigenvalue weighted by Gasteiger charge is 2.80. The minimum atomic E-state index is -2.31. The number of ether oxygens (including phenoxy) is 6. The van der Waals surface area contributed by atoms with Crippen molar-refractivity contribution >= 4 is 52.6 Å². The first-order chi connectivity index (χ1) is 34.5. The van der Waals surface area contributed by atoms with Gasteiger partial charge in [-0.15, -0.1) is 0 Å². The Bertz CT molecular complexity index is 2460. The lowest BCUT2D eigenvalue weighted by Crippen LogP contribution is -2.70. The summed E-state index contributed by atoms with van der Waals surface area (Å²) in [6, 6.07) is 14.7. The Balaban J connectivity index is 0.723. The Kier molecular flexibility index (Phi) is 16.7. The average Bonchev–Trinajstić information content (AvgIpc) is 3.98. The van der Waals surface area contributed by atoms with Gasteiger partial charge in [0.1, 0.15) is 12.8 Å². The number of nitrogens with zero attached hydrogens (tertiary/aromatic N) is 1. The van der Waals surface area contributed by atoms with Crippen molar-refractivity contribution in [3.63, 3.8) is 0 Å². The van der Waals surface area contributed by atoms with Gasteiger partial charge in [-0.3, -0.25) is 33.7 Å². The summed E-state index contributed by atoms with van der Waals surface area (Å²) in [5.74, 6) is -3.84. The van der Waals surface area contributed by atoms with Gasteiger partial charge in [0.15, 0.2) is 23.3 Å². The van der Waals surface area contributed by atoms with E-state index in [1.54, 1.807) is 19.9 Å². The number of alkyl halides is 2. The molecule has 20 heteroatoms. The highest BCUT2D eigenvalue weighted by molar-refractivity contribution is 7.99. The largest absolute Gasteiger partial charge is 0.390 e. The van der Waals surface area contributed by atoms with E-state index in [2.05, 4.69) is 10.6 Å². The van der Waals surface area contributed by atoms with Gasteiger partial charge in [0, 0.05) is 81.6 Å². The van der Waals surface area contributed by atoms with Gasteiger partial charge in [-0.2, -0.15) is 0 Å². The number of fused-ring (bicyclic) bond motifs is 7. The Hall–Kier alpha value is -5.03. The highest BCUT2D eigenvalue weighted by atomic mass is 32.2. The number of hydrogen-bond donors (Lipinski definition) is 4. The van der Waals surface area contributed by atoms with E-state index in [1.807, 2.05) is 42.5 Å². The Morgan fingerprint density at radius 1 is 0.861 bits per heavy atom. The number of rotatable bonds is 24. The van der Waals surface area contributed by atoms with Crippen molar-refractivity contribution in [3.05, 3.63) is 90.0 Å². The molecule has 2 aliphatic heterocycles. The number of allylic oxidation sites excluding steroid dienone is 4. The van der Waals surface area contributed by atoms with Gasteiger partial charge >= 0.3 is 5.78 Å². The van der Waals surface area contributed by atoms with E-state index in [0.29, 0.717) is 50.9 Å². The number of aliphatic hydroxyl groups excluding tert-OH is 2. The lowest BCUT2D eigenvalue weighted by Gasteiger charge is -2.63. The van der Waals surface area contributed by atoms with Crippen LogP contribution in [0.2, 0.25) is 0 Å². The molecule has 4 fully saturated rings.